The first kappa shape index (κ1) is 14.3. The molecule has 0 bridgehead atoms. The third-order valence-corrected chi connectivity index (χ3v) is 4.74. The lowest BCUT2D eigenvalue weighted by Crippen LogP contribution is -2.06. The topological polar surface area (TPSA) is 34.1 Å². The Morgan fingerprint density at radius 2 is 2.11 bits per heavy atom. The van der Waals surface area contributed by atoms with Crippen LogP contribution in [-0.4, -0.2) is 12.1 Å². The average molecular weight is 341 g/mol. The molecule has 0 amide bonds. The highest BCUT2D eigenvalue weighted by molar-refractivity contribution is 9.10. The van der Waals surface area contributed by atoms with Crippen LogP contribution in [-0.2, 0) is 0 Å². The van der Waals surface area contributed by atoms with Crippen LogP contribution >= 0.6 is 27.3 Å². The zero-order chi connectivity index (χ0) is 14.0. The standard InChI is InChI=1S/C14H17BrN2OS/c1-8-14(19-10(3)16-8)9(2)17-11-5-6-13(18-4)12(15)7-11/h5-7,9,17H,1-4H3. The number of nitrogens with zero attached hydrogens (tertiary/aromatic N) is 1. The van der Waals surface area contributed by atoms with Crippen LogP contribution in [0, 0.1) is 13.8 Å². The van der Waals surface area contributed by atoms with Crippen LogP contribution in [0.5, 0.6) is 5.75 Å². The first-order chi connectivity index (χ1) is 9.01. The summed E-state index contributed by atoms with van der Waals surface area (Å²) >= 11 is 5.24. The summed E-state index contributed by atoms with van der Waals surface area (Å²) in [6.45, 7) is 6.25. The largest absolute Gasteiger partial charge is 0.496 e. The second kappa shape index (κ2) is 5.92. The molecule has 2 aromatic rings. The van der Waals surface area contributed by atoms with Crippen molar-refractivity contribution in [2.75, 3.05) is 12.4 Å². The molecule has 0 aliphatic rings. The van der Waals surface area contributed by atoms with Crippen LogP contribution in [0.4, 0.5) is 5.69 Å². The molecule has 19 heavy (non-hydrogen) atoms. The Morgan fingerprint density at radius 1 is 1.37 bits per heavy atom. The van der Waals surface area contributed by atoms with Crippen molar-refractivity contribution in [3.8, 4) is 5.75 Å². The Bertz CT molecular complexity index is 583. The van der Waals surface area contributed by atoms with Gasteiger partial charge < -0.3 is 10.1 Å². The van der Waals surface area contributed by atoms with Gasteiger partial charge in [0.15, 0.2) is 0 Å². The van der Waals surface area contributed by atoms with E-state index in [-0.39, 0.29) is 6.04 Å². The number of ether oxygens (including phenoxy) is 1. The second-order valence-corrected chi connectivity index (χ2v) is 6.49. The zero-order valence-electron chi connectivity index (χ0n) is 11.5. The molecule has 3 nitrogen and oxygen atoms in total. The fourth-order valence-electron chi connectivity index (χ4n) is 2.02. The van der Waals surface area contributed by atoms with Crippen LogP contribution in [0.15, 0.2) is 22.7 Å². The monoisotopic (exact) mass is 340 g/mol. The summed E-state index contributed by atoms with van der Waals surface area (Å²) in [5.74, 6) is 0.836. The molecule has 1 aromatic carbocycles. The first-order valence-corrected chi connectivity index (χ1v) is 7.66. The normalized spacial score (nSPS) is 12.3. The second-order valence-electron chi connectivity index (χ2n) is 4.40. The molecule has 102 valence electrons. The summed E-state index contributed by atoms with van der Waals surface area (Å²) < 4.78 is 6.18. The van der Waals surface area contributed by atoms with E-state index in [0.717, 1.165) is 26.6 Å². The van der Waals surface area contributed by atoms with Gasteiger partial charge in [-0.2, -0.15) is 0 Å². The summed E-state index contributed by atoms with van der Waals surface area (Å²) in [7, 11) is 1.67. The van der Waals surface area contributed by atoms with Crippen molar-refractivity contribution in [2.45, 2.75) is 26.8 Å². The zero-order valence-corrected chi connectivity index (χ0v) is 13.9. The van der Waals surface area contributed by atoms with E-state index in [1.54, 1.807) is 18.4 Å². The predicted octanol–water partition coefficient (Wildman–Crippen LogP) is 4.70. The molecular formula is C14H17BrN2OS. The van der Waals surface area contributed by atoms with E-state index >= 15 is 0 Å². The fraction of sp³-hybridized carbons (Fsp3) is 0.357. The molecule has 0 fully saturated rings. The number of nitrogens with one attached hydrogen (secondary N) is 1. The Labute approximate surface area is 126 Å². The van der Waals surface area contributed by atoms with Gasteiger partial charge in [0, 0.05) is 10.6 Å². The van der Waals surface area contributed by atoms with Gasteiger partial charge in [0.1, 0.15) is 5.75 Å². The highest BCUT2D eigenvalue weighted by Crippen LogP contribution is 2.31. The number of benzene rings is 1. The van der Waals surface area contributed by atoms with Gasteiger partial charge in [-0.05, 0) is 54.9 Å². The van der Waals surface area contributed by atoms with Crippen molar-refractivity contribution in [3.63, 3.8) is 0 Å². The summed E-state index contributed by atoms with van der Waals surface area (Å²) in [6, 6.07) is 6.23. The molecule has 0 aliphatic carbocycles. The van der Waals surface area contributed by atoms with Gasteiger partial charge in [-0.25, -0.2) is 4.98 Å². The smallest absolute Gasteiger partial charge is 0.133 e. The van der Waals surface area contributed by atoms with E-state index in [1.807, 2.05) is 25.1 Å². The molecule has 1 atom stereocenters. The van der Waals surface area contributed by atoms with Gasteiger partial charge in [-0.1, -0.05) is 0 Å². The molecule has 0 spiro atoms. The van der Waals surface area contributed by atoms with Gasteiger partial charge in [0.05, 0.1) is 28.3 Å². The lowest BCUT2D eigenvalue weighted by atomic mass is 10.2. The number of anilines is 1. The Hall–Kier alpha value is -1.07. The number of rotatable bonds is 4. The predicted molar refractivity (Wildman–Crippen MR) is 84.3 cm³/mol. The first-order valence-electron chi connectivity index (χ1n) is 6.05. The third kappa shape index (κ3) is 3.28. The van der Waals surface area contributed by atoms with Gasteiger partial charge in [-0.15, -0.1) is 11.3 Å². The lowest BCUT2D eigenvalue weighted by Gasteiger charge is -2.15. The average Bonchev–Trinajstić information content (AvgIpc) is 2.69. The molecule has 5 heteroatoms. The minimum atomic E-state index is 0.242. The van der Waals surface area contributed by atoms with Crippen molar-refractivity contribution in [3.05, 3.63) is 38.3 Å². The maximum Gasteiger partial charge on any atom is 0.133 e. The van der Waals surface area contributed by atoms with Crippen LogP contribution in [0.2, 0.25) is 0 Å². The maximum atomic E-state index is 5.23. The Morgan fingerprint density at radius 3 is 2.63 bits per heavy atom. The minimum Gasteiger partial charge on any atom is -0.496 e. The quantitative estimate of drug-likeness (QED) is 0.875. The fourth-order valence-corrected chi connectivity index (χ4v) is 3.49. The van der Waals surface area contributed by atoms with Crippen molar-refractivity contribution in [2.24, 2.45) is 0 Å². The van der Waals surface area contributed by atoms with E-state index in [0.29, 0.717) is 0 Å². The van der Waals surface area contributed by atoms with Gasteiger partial charge in [0.2, 0.25) is 0 Å². The summed E-state index contributed by atoms with van der Waals surface area (Å²) in [5, 5.41) is 4.60. The van der Waals surface area contributed by atoms with Crippen LogP contribution < -0.4 is 10.1 Å². The molecule has 1 unspecified atom stereocenters. The van der Waals surface area contributed by atoms with E-state index in [2.05, 4.69) is 40.1 Å². The van der Waals surface area contributed by atoms with Gasteiger partial charge in [-0.3, -0.25) is 0 Å². The maximum absolute atomic E-state index is 5.23. The highest BCUT2D eigenvalue weighted by atomic mass is 79.9. The molecule has 0 saturated carbocycles. The number of hydrogen-bond donors (Lipinski definition) is 1. The number of thiazole rings is 1. The molecule has 0 radical (unpaired) electrons. The van der Waals surface area contributed by atoms with E-state index in [9.17, 15) is 0 Å². The summed E-state index contributed by atoms with van der Waals surface area (Å²) in [6.07, 6.45) is 0. The van der Waals surface area contributed by atoms with Crippen LogP contribution in [0.3, 0.4) is 0 Å². The minimum absolute atomic E-state index is 0.242. The summed E-state index contributed by atoms with van der Waals surface area (Å²) in [4.78, 5) is 5.75. The molecule has 0 aliphatic heterocycles. The highest BCUT2D eigenvalue weighted by Gasteiger charge is 2.13. The molecule has 1 aromatic heterocycles. The van der Waals surface area contributed by atoms with Crippen LogP contribution in [0.1, 0.15) is 28.5 Å². The number of halogens is 1. The molecule has 2 rings (SSSR count). The number of hydrogen-bond acceptors (Lipinski definition) is 4. The van der Waals surface area contributed by atoms with Crippen LogP contribution in [0.25, 0.3) is 0 Å². The number of aryl methyl sites for hydroxylation is 2. The molecule has 0 saturated heterocycles. The SMILES string of the molecule is COc1ccc(NC(C)c2sc(C)nc2C)cc1Br. The molecular weight excluding hydrogens is 324 g/mol. The molecule has 1 N–H and O–H groups in total. The third-order valence-electron chi connectivity index (χ3n) is 2.87. The summed E-state index contributed by atoms with van der Waals surface area (Å²) in [5.41, 5.74) is 2.17. The van der Waals surface area contributed by atoms with Crippen molar-refractivity contribution < 1.29 is 4.74 Å². The van der Waals surface area contributed by atoms with E-state index < -0.39 is 0 Å². The number of methoxy groups -OCH3 is 1. The van der Waals surface area contributed by atoms with Crippen molar-refractivity contribution in [1.29, 1.82) is 0 Å². The lowest BCUT2D eigenvalue weighted by molar-refractivity contribution is 0.412. The van der Waals surface area contributed by atoms with Crippen molar-refractivity contribution in [1.82, 2.24) is 4.98 Å². The van der Waals surface area contributed by atoms with Gasteiger partial charge in [0.25, 0.3) is 0 Å². The molecule has 1 heterocycles. The Kier molecular flexibility index (Phi) is 4.47. The van der Waals surface area contributed by atoms with E-state index in [1.165, 1.54) is 4.88 Å². The Balaban J connectivity index is 2.17. The van der Waals surface area contributed by atoms with Crippen molar-refractivity contribution >= 4 is 33.0 Å². The van der Waals surface area contributed by atoms with Gasteiger partial charge >= 0.3 is 0 Å². The number of aromatic nitrogens is 1. The van der Waals surface area contributed by atoms with E-state index in [4.69, 9.17) is 4.74 Å².